The molecule has 1 aromatic heterocycles. The van der Waals surface area contributed by atoms with Crippen LogP contribution in [0.3, 0.4) is 0 Å². The average Bonchev–Trinajstić information content (AvgIpc) is 3.34. The van der Waals surface area contributed by atoms with E-state index in [0.717, 1.165) is 50.0 Å². The molecule has 28 heavy (non-hydrogen) atoms. The zero-order chi connectivity index (χ0) is 19.3. The first-order valence-corrected chi connectivity index (χ1v) is 10.1. The molecule has 0 saturated carbocycles. The van der Waals surface area contributed by atoms with Crippen molar-refractivity contribution < 1.29 is 9.59 Å². The van der Waals surface area contributed by atoms with Crippen molar-refractivity contribution in [1.29, 1.82) is 0 Å². The Morgan fingerprint density at radius 3 is 2.89 bits per heavy atom. The zero-order valence-corrected chi connectivity index (χ0v) is 16.1. The summed E-state index contributed by atoms with van der Waals surface area (Å²) in [5.74, 6) is 0.278. The van der Waals surface area contributed by atoms with Gasteiger partial charge in [0.25, 0.3) is 0 Å². The lowest BCUT2D eigenvalue weighted by atomic mass is 10.1. The van der Waals surface area contributed by atoms with Crippen LogP contribution in [-0.2, 0) is 11.3 Å². The number of aromatic nitrogens is 2. The van der Waals surface area contributed by atoms with Gasteiger partial charge >= 0.3 is 6.03 Å². The molecule has 4 rings (SSSR count). The van der Waals surface area contributed by atoms with E-state index < -0.39 is 0 Å². The number of rotatable bonds is 4. The first kappa shape index (κ1) is 18.5. The Morgan fingerprint density at radius 1 is 1.18 bits per heavy atom. The average molecular weight is 381 g/mol. The van der Waals surface area contributed by atoms with Crippen LogP contribution in [0.25, 0.3) is 5.69 Å². The lowest BCUT2D eigenvalue weighted by Crippen LogP contribution is -2.41. The monoisotopic (exact) mass is 381 g/mol. The van der Waals surface area contributed by atoms with Gasteiger partial charge in [0.15, 0.2) is 0 Å². The summed E-state index contributed by atoms with van der Waals surface area (Å²) in [6.45, 7) is 2.82. The Bertz CT molecular complexity index is 820. The van der Waals surface area contributed by atoms with Crippen molar-refractivity contribution in [3.05, 3.63) is 48.5 Å². The van der Waals surface area contributed by atoms with Gasteiger partial charge in [-0.25, -0.2) is 9.78 Å². The van der Waals surface area contributed by atoms with Crippen molar-refractivity contribution in [3.63, 3.8) is 0 Å². The third-order valence-electron chi connectivity index (χ3n) is 5.69. The van der Waals surface area contributed by atoms with Crippen molar-refractivity contribution in [1.82, 2.24) is 24.7 Å². The summed E-state index contributed by atoms with van der Waals surface area (Å²) >= 11 is 0. The van der Waals surface area contributed by atoms with Crippen LogP contribution < -0.4 is 5.32 Å². The molecule has 7 nitrogen and oxygen atoms in total. The molecule has 0 radical (unpaired) electrons. The summed E-state index contributed by atoms with van der Waals surface area (Å²) < 4.78 is 1.94. The van der Waals surface area contributed by atoms with Gasteiger partial charge in [0.05, 0.1) is 6.33 Å². The number of nitrogens with zero attached hydrogens (tertiary/aromatic N) is 4. The molecule has 7 heteroatoms. The Morgan fingerprint density at radius 2 is 2.11 bits per heavy atom. The van der Waals surface area contributed by atoms with Gasteiger partial charge in [-0.1, -0.05) is 12.1 Å². The van der Waals surface area contributed by atoms with Crippen molar-refractivity contribution in [2.24, 2.45) is 0 Å². The smallest absolute Gasteiger partial charge is 0.317 e. The van der Waals surface area contributed by atoms with E-state index in [9.17, 15) is 9.59 Å². The molecule has 1 N–H and O–H groups in total. The van der Waals surface area contributed by atoms with Crippen LogP contribution in [-0.4, -0.2) is 57.0 Å². The van der Waals surface area contributed by atoms with Crippen molar-refractivity contribution >= 4 is 11.9 Å². The molecule has 0 aliphatic carbocycles. The molecular formula is C21H27N5O2. The molecule has 0 unspecified atom stereocenters. The van der Waals surface area contributed by atoms with Crippen LogP contribution in [0.1, 0.15) is 37.7 Å². The zero-order valence-electron chi connectivity index (χ0n) is 16.1. The van der Waals surface area contributed by atoms with Crippen LogP contribution >= 0.6 is 0 Å². The Labute approximate surface area is 165 Å². The van der Waals surface area contributed by atoms with Crippen LogP contribution in [0.15, 0.2) is 43.0 Å². The second-order valence-electron chi connectivity index (χ2n) is 7.56. The molecule has 2 aliphatic heterocycles. The maximum Gasteiger partial charge on any atom is 0.317 e. The molecule has 0 spiro atoms. The number of amides is 3. The lowest BCUT2D eigenvalue weighted by Gasteiger charge is -2.27. The lowest BCUT2D eigenvalue weighted by molar-refractivity contribution is -0.129. The van der Waals surface area contributed by atoms with Crippen LogP contribution in [0.2, 0.25) is 0 Å². The number of hydrogen-bond donors (Lipinski definition) is 1. The van der Waals surface area contributed by atoms with E-state index in [4.69, 9.17) is 0 Å². The molecule has 0 bridgehead atoms. The van der Waals surface area contributed by atoms with Crippen molar-refractivity contribution in [2.45, 2.75) is 44.7 Å². The van der Waals surface area contributed by atoms with E-state index >= 15 is 0 Å². The number of carbonyl (C=O) groups is 2. The molecule has 1 atom stereocenters. The van der Waals surface area contributed by atoms with Gasteiger partial charge in [-0.15, -0.1) is 0 Å². The second kappa shape index (κ2) is 8.46. The van der Waals surface area contributed by atoms with Crippen LogP contribution in [0, 0.1) is 0 Å². The number of likely N-dealkylation sites (tertiary alicyclic amines) is 2. The number of urea groups is 1. The minimum atomic E-state index is -0.0265. The molecule has 3 heterocycles. The third-order valence-corrected chi connectivity index (χ3v) is 5.69. The second-order valence-corrected chi connectivity index (χ2v) is 7.56. The summed E-state index contributed by atoms with van der Waals surface area (Å²) in [5, 5.41) is 3.04. The highest BCUT2D eigenvalue weighted by atomic mass is 16.2. The van der Waals surface area contributed by atoms with E-state index in [0.29, 0.717) is 25.6 Å². The number of imidazole rings is 1. The van der Waals surface area contributed by atoms with Crippen LogP contribution in [0.4, 0.5) is 4.79 Å². The minimum absolute atomic E-state index is 0.0265. The van der Waals surface area contributed by atoms with Crippen molar-refractivity contribution in [2.75, 3.05) is 19.6 Å². The van der Waals surface area contributed by atoms with Gasteiger partial charge in [0.1, 0.15) is 0 Å². The van der Waals surface area contributed by atoms with E-state index in [2.05, 4.69) is 16.4 Å². The number of benzene rings is 1. The fourth-order valence-electron chi connectivity index (χ4n) is 4.18. The number of nitrogens with one attached hydrogen (secondary N) is 1. The summed E-state index contributed by atoms with van der Waals surface area (Å²) in [4.78, 5) is 32.6. The van der Waals surface area contributed by atoms with Crippen molar-refractivity contribution in [3.8, 4) is 5.69 Å². The SMILES string of the molecule is O=C(NCc1cccc(-n2ccnc2)c1)N1CCC[C@@H](N2CCCC2=O)CC1. The molecule has 3 amide bonds. The minimum Gasteiger partial charge on any atom is -0.340 e. The van der Waals surface area contributed by atoms with Gasteiger partial charge in [0, 0.05) is 56.7 Å². The predicted molar refractivity (Wildman–Crippen MR) is 106 cm³/mol. The summed E-state index contributed by atoms with van der Waals surface area (Å²) in [6, 6.07) is 8.33. The fourth-order valence-corrected chi connectivity index (χ4v) is 4.18. The highest BCUT2D eigenvalue weighted by Gasteiger charge is 2.30. The molecular weight excluding hydrogens is 354 g/mol. The Kier molecular flexibility index (Phi) is 5.60. The number of hydrogen-bond acceptors (Lipinski definition) is 3. The first-order chi connectivity index (χ1) is 13.7. The summed E-state index contributed by atoms with van der Waals surface area (Å²) in [5.41, 5.74) is 2.08. The third kappa shape index (κ3) is 4.18. The maximum absolute atomic E-state index is 12.6. The van der Waals surface area contributed by atoms with E-state index in [1.807, 2.05) is 38.8 Å². The molecule has 1 aromatic carbocycles. The summed E-state index contributed by atoms with van der Waals surface area (Å²) in [7, 11) is 0. The van der Waals surface area contributed by atoms with E-state index in [1.54, 1.807) is 12.5 Å². The van der Waals surface area contributed by atoms with Crippen LogP contribution in [0.5, 0.6) is 0 Å². The van der Waals surface area contributed by atoms with E-state index in [1.165, 1.54) is 0 Å². The highest BCUT2D eigenvalue weighted by molar-refractivity contribution is 5.78. The topological polar surface area (TPSA) is 70.5 Å². The van der Waals surface area contributed by atoms with E-state index in [-0.39, 0.29) is 11.9 Å². The molecule has 148 valence electrons. The first-order valence-electron chi connectivity index (χ1n) is 10.1. The Hall–Kier alpha value is -2.83. The van der Waals surface area contributed by atoms with Gasteiger partial charge in [-0.3, -0.25) is 4.79 Å². The van der Waals surface area contributed by atoms with Gasteiger partial charge in [-0.2, -0.15) is 0 Å². The predicted octanol–water partition coefficient (Wildman–Crippen LogP) is 2.56. The molecule has 2 fully saturated rings. The Balaban J connectivity index is 1.30. The molecule has 2 aromatic rings. The normalized spacial score (nSPS) is 20.3. The van der Waals surface area contributed by atoms with Gasteiger partial charge in [0.2, 0.25) is 5.91 Å². The molecule has 2 aliphatic rings. The highest BCUT2D eigenvalue weighted by Crippen LogP contribution is 2.22. The number of carbonyl (C=O) groups excluding carboxylic acids is 2. The standard InChI is InChI=1S/C21H27N5O2/c27-20-7-3-11-26(20)18-6-2-10-24(12-8-18)21(28)23-15-17-4-1-5-19(14-17)25-13-9-22-16-25/h1,4-5,9,13-14,16,18H,2-3,6-8,10-12,15H2,(H,23,28)/t18-/m1/s1. The fraction of sp³-hybridized carbons (Fsp3) is 0.476. The maximum atomic E-state index is 12.6. The summed E-state index contributed by atoms with van der Waals surface area (Å²) in [6.07, 6.45) is 9.86. The van der Waals surface area contributed by atoms with Gasteiger partial charge in [-0.05, 0) is 43.4 Å². The quantitative estimate of drug-likeness (QED) is 0.885. The van der Waals surface area contributed by atoms with Gasteiger partial charge < -0.3 is 19.7 Å². The largest absolute Gasteiger partial charge is 0.340 e. The molecule has 2 saturated heterocycles.